The second-order valence-corrected chi connectivity index (χ2v) is 5.86. The summed E-state index contributed by atoms with van der Waals surface area (Å²) in [6.45, 7) is 16.0. The smallest absolute Gasteiger partial charge is 0.248 e. The predicted molar refractivity (Wildman–Crippen MR) is 97.8 cm³/mol. The van der Waals surface area contributed by atoms with Crippen LogP contribution in [0.2, 0.25) is 0 Å². The minimum absolute atomic E-state index is 0.139. The van der Waals surface area contributed by atoms with Crippen LogP contribution in [0.25, 0.3) is 0 Å². The van der Waals surface area contributed by atoms with E-state index in [1.807, 2.05) is 32.6 Å². The zero-order valence-electron chi connectivity index (χ0n) is 16.3. The number of piperidine rings is 1. The van der Waals surface area contributed by atoms with E-state index in [4.69, 9.17) is 4.74 Å². The summed E-state index contributed by atoms with van der Waals surface area (Å²) >= 11 is 0. The number of methoxy groups -OCH3 is 1. The molecular weight excluding hydrogens is 290 g/mol. The first-order chi connectivity index (χ1) is 11.2. The molecule has 0 aromatic carbocycles. The average molecular weight is 330 g/mol. The Morgan fingerprint density at radius 2 is 1.48 bits per heavy atom. The molecule has 0 saturated carbocycles. The largest absolute Gasteiger partial charge is 0.375 e. The number of carbonyl (C=O) groups is 1. The molecule has 2 heterocycles. The monoisotopic (exact) mass is 329 g/mol. The van der Waals surface area contributed by atoms with Gasteiger partial charge in [-0.2, -0.15) is 0 Å². The molecule has 0 atom stereocenters. The number of ether oxygens (including phenoxy) is 1. The molecule has 2 aliphatic rings. The summed E-state index contributed by atoms with van der Waals surface area (Å²) in [7, 11) is 3.77. The number of hydrogen-bond acceptors (Lipinski definition) is 4. The average Bonchev–Trinajstić information content (AvgIpc) is 2.61. The van der Waals surface area contributed by atoms with Crippen LogP contribution in [0.15, 0.2) is 0 Å². The van der Waals surface area contributed by atoms with Crippen LogP contribution in [0.1, 0.15) is 40.5 Å². The van der Waals surface area contributed by atoms with Crippen molar-refractivity contribution in [2.45, 2.75) is 40.5 Å². The van der Waals surface area contributed by atoms with E-state index in [9.17, 15) is 4.79 Å². The van der Waals surface area contributed by atoms with Gasteiger partial charge in [0.15, 0.2) is 0 Å². The number of amides is 1. The Bertz CT molecular complexity index is 284. The van der Waals surface area contributed by atoms with Crippen LogP contribution in [0, 0.1) is 5.92 Å². The second-order valence-electron chi connectivity index (χ2n) is 5.86. The molecule has 5 heteroatoms. The molecule has 0 N–H and O–H groups in total. The third kappa shape index (κ3) is 8.68. The van der Waals surface area contributed by atoms with Crippen LogP contribution in [-0.4, -0.2) is 87.2 Å². The Morgan fingerprint density at radius 3 is 1.96 bits per heavy atom. The van der Waals surface area contributed by atoms with Gasteiger partial charge in [0, 0.05) is 52.9 Å². The molecule has 5 nitrogen and oxygen atoms in total. The quantitative estimate of drug-likeness (QED) is 0.792. The highest BCUT2D eigenvalue weighted by Crippen LogP contribution is 2.19. The van der Waals surface area contributed by atoms with Gasteiger partial charge in [0.25, 0.3) is 0 Å². The summed E-state index contributed by atoms with van der Waals surface area (Å²) in [5.74, 6) is 0.899. The molecule has 0 radical (unpaired) electrons. The molecule has 0 unspecified atom stereocenters. The minimum atomic E-state index is 0.139. The van der Waals surface area contributed by atoms with E-state index >= 15 is 0 Å². The maximum Gasteiger partial charge on any atom is 0.248 e. The summed E-state index contributed by atoms with van der Waals surface area (Å²) in [5.41, 5.74) is 0. The van der Waals surface area contributed by atoms with Gasteiger partial charge in [-0.15, -0.1) is 0 Å². The van der Waals surface area contributed by atoms with Crippen molar-refractivity contribution in [3.05, 3.63) is 0 Å². The van der Waals surface area contributed by atoms with Crippen molar-refractivity contribution in [2.75, 3.05) is 66.6 Å². The summed E-state index contributed by atoms with van der Waals surface area (Å²) in [6.07, 6.45) is 2.28. The van der Waals surface area contributed by atoms with Crippen LogP contribution in [-0.2, 0) is 9.53 Å². The van der Waals surface area contributed by atoms with E-state index in [0.717, 1.165) is 31.8 Å². The molecule has 138 valence electrons. The number of piperazine rings is 1. The first-order valence-electron chi connectivity index (χ1n) is 9.36. The fourth-order valence-corrected chi connectivity index (χ4v) is 2.98. The van der Waals surface area contributed by atoms with E-state index in [1.54, 1.807) is 7.11 Å². The third-order valence-electron chi connectivity index (χ3n) is 4.35. The number of likely N-dealkylation sites (tertiary alicyclic amines) is 1. The van der Waals surface area contributed by atoms with Crippen LogP contribution >= 0.6 is 0 Å². The van der Waals surface area contributed by atoms with Crippen LogP contribution in [0.4, 0.5) is 0 Å². The zero-order chi connectivity index (χ0) is 17.7. The molecule has 2 aliphatic heterocycles. The normalized spacial score (nSPS) is 20.2. The number of hydrogen-bond donors (Lipinski definition) is 0. The van der Waals surface area contributed by atoms with Crippen molar-refractivity contribution in [1.82, 2.24) is 14.7 Å². The molecule has 2 saturated heterocycles. The fourth-order valence-electron chi connectivity index (χ4n) is 2.98. The van der Waals surface area contributed by atoms with Gasteiger partial charge in [0.1, 0.15) is 6.61 Å². The molecule has 0 spiro atoms. The van der Waals surface area contributed by atoms with Crippen LogP contribution in [0.3, 0.4) is 0 Å². The summed E-state index contributed by atoms with van der Waals surface area (Å²) < 4.78 is 4.91. The Hall–Kier alpha value is -0.650. The number of carbonyl (C=O) groups excluding carboxylic acids is 1. The van der Waals surface area contributed by atoms with Crippen molar-refractivity contribution < 1.29 is 9.53 Å². The Labute approximate surface area is 143 Å². The molecule has 0 aliphatic carbocycles. The highest BCUT2D eigenvalue weighted by molar-refractivity contribution is 5.77. The van der Waals surface area contributed by atoms with Gasteiger partial charge in [-0.1, -0.05) is 27.7 Å². The van der Waals surface area contributed by atoms with E-state index in [0.29, 0.717) is 0 Å². The van der Waals surface area contributed by atoms with Crippen molar-refractivity contribution in [2.24, 2.45) is 5.92 Å². The lowest BCUT2D eigenvalue weighted by Gasteiger charge is -2.37. The lowest BCUT2D eigenvalue weighted by atomic mass is 9.96. The molecule has 1 amide bonds. The molecule has 2 fully saturated rings. The fraction of sp³-hybridized carbons (Fsp3) is 0.944. The topological polar surface area (TPSA) is 36.0 Å². The van der Waals surface area contributed by atoms with E-state index in [1.165, 1.54) is 32.7 Å². The summed E-state index contributed by atoms with van der Waals surface area (Å²) in [6, 6.07) is 0. The van der Waals surface area contributed by atoms with Crippen molar-refractivity contribution >= 4 is 5.91 Å². The van der Waals surface area contributed by atoms with Crippen molar-refractivity contribution in [1.29, 1.82) is 0 Å². The SMILES string of the molecule is CC.CC.COCC(=O)N1CCC(CN2CCN(C)CC2)CC1. The maximum atomic E-state index is 11.7. The molecular formula is C18H39N3O2. The number of likely N-dealkylation sites (N-methyl/N-ethyl adjacent to an activating group) is 1. The number of nitrogens with zero attached hydrogens (tertiary/aromatic N) is 3. The molecule has 2 rings (SSSR count). The van der Waals surface area contributed by atoms with Gasteiger partial charge in [-0.25, -0.2) is 0 Å². The summed E-state index contributed by atoms with van der Waals surface area (Å²) in [4.78, 5) is 18.6. The van der Waals surface area contributed by atoms with Crippen LogP contribution in [0.5, 0.6) is 0 Å². The minimum Gasteiger partial charge on any atom is -0.375 e. The first kappa shape index (κ1) is 22.4. The lowest BCUT2D eigenvalue weighted by Crippen LogP contribution is -2.48. The van der Waals surface area contributed by atoms with Crippen LogP contribution < -0.4 is 0 Å². The lowest BCUT2D eigenvalue weighted by molar-refractivity contribution is -0.136. The van der Waals surface area contributed by atoms with Crippen molar-refractivity contribution in [3.63, 3.8) is 0 Å². The van der Waals surface area contributed by atoms with Gasteiger partial charge in [-0.3, -0.25) is 4.79 Å². The maximum absolute atomic E-state index is 11.7. The second kappa shape index (κ2) is 13.8. The Morgan fingerprint density at radius 1 is 0.957 bits per heavy atom. The van der Waals surface area contributed by atoms with E-state index in [-0.39, 0.29) is 12.5 Å². The van der Waals surface area contributed by atoms with E-state index < -0.39 is 0 Å². The third-order valence-corrected chi connectivity index (χ3v) is 4.35. The molecule has 0 aromatic heterocycles. The Kier molecular flexibility index (Phi) is 13.4. The van der Waals surface area contributed by atoms with Gasteiger partial charge < -0.3 is 19.4 Å². The molecule has 0 aromatic rings. The van der Waals surface area contributed by atoms with Gasteiger partial charge in [-0.05, 0) is 25.8 Å². The summed E-state index contributed by atoms with van der Waals surface area (Å²) in [5, 5.41) is 0. The number of rotatable bonds is 4. The van der Waals surface area contributed by atoms with Gasteiger partial charge in [0.05, 0.1) is 0 Å². The Balaban J connectivity index is 0.00000112. The van der Waals surface area contributed by atoms with Gasteiger partial charge >= 0.3 is 0 Å². The highest BCUT2D eigenvalue weighted by Gasteiger charge is 2.25. The standard InChI is InChI=1S/C14H27N3O2.2C2H6/c1-15-7-9-16(10-8-15)11-13-3-5-17(6-4-13)14(18)12-19-2;2*1-2/h13H,3-12H2,1-2H3;2*1-2H3. The highest BCUT2D eigenvalue weighted by atomic mass is 16.5. The first-order valence-corrected chi connectivity index (χ1v) is 9.36. The molecule has 23 heavy (non-hydrogen) atoms. The van der Waals surface area contributed by atoms with Gasteiger partial charge in [0.2, 0.25) is 5.91 Å². The van der Waals surface area contributed by atoms with E-state index in [2.05, 4.69) is 16.8 Å². The van der Waals surface area contributed by atoms with Crippen molar-refractivity contribution in [3.8, 4) is 0 Å². The predicted octanol–water partition coefficient (Wildman–Crippen LogP) is 2.17. The zero-order valence-corrected chi connectivity index (χ0v) is 16.3. The molecule has 0 bridgehead atoms.